The van der Waals surface area contributed by atoms with E-state index in [1.165, 1.54) is 0 Å². The SMILES string of the molecule is O=C1C(O)=C(c2ccccc2)C(c2cccc(Cl)c2)N1Cc1ccc(Cl)cc1. The van der Waals surface area contributed by atoms with Gasteiger partial charge in [-0.05, 0) is 41.0 Å². The largest absolute Gasteiger partial charge is 0.503 e. The van der Waals surface area contributed by atoms with E-state index in [1.54, 1.807) is 23.1 Å². The quantitative estimate of drug-likeness (QED) is 0.569. The van der Waals surface area contributed by atoms with Gasteiger partial charge >= 0.3 is 0 Å². The van der Waals surface area contributed by atoms with Gasteiger partial charge in [0.25, 0.3) is 5.91 Å². The van der Waals surface area contributed by atoms with E-state index in [2.05, 4.69) is 0 Å². The second-order valence-corrected chi connectivity index (χ2v) is 7.52. The Labute approximate surface area is 173 Å². The number of aliphatic hydroxyl groups excluding tert-OH is 1. The number of hydrogen-bond acceptors (Lipinski definition) is 2. The van der Waals surface area contributed by atoms with Crippen LogP contribution in [0, 0.1) is 0 Å². The summed E-state index contributed by atoms with van der Waals surface area (Å²) in [6.45, 7) is 0.341. The maximum atomic E-state index is 13.0. The summed E-state index contributed by atoms with van der Waals surface area (Å²) in [6.07, 6.45) is 0. The highest BCUT2D eigenvalue weighted by Crippen LogP contribution is 2.44. The Morgan fingerprint density at radius 1 is 0.857 bits per heavy atom. The Kier molecular flexibility index (Phi) is 5.12. The van der Waals surface area contributed by atoms with Crippen molar-refractivity contribution >= 4 is 34.7 Å². The zero-order valence-corrected chi connectivity index (χ0v) is 16.4. The van der Waals surface area contributed by atoms with Gasteiger partial charge in [-0.25, -0.2) is 0 Å². The summed E-state index contributed by atoms with van der Waals surface area (Å²) in [5, 5.41) is 12.0. The Bertz CT molecular complexity index is 1050. The molecule has 3 aromatic rings. The van der Waals surface area contributed by atoms with Crippen LogP contribution in [0.1, 0.15) is 22.7 Å². The molecule has 0 spiro atoms. The number of carbonyl (C=O) groups is 1. The predicted octanol–water partition coefficient (Wildman–Crippen LogP) is 6.05. The van der Waals surface area contributed by atoms with Crippen LogP contribution in [0.25, 0.3) is 5.57 Å². The fraction of sp³-hybridized carbons (Fsp3) is 0.0870. The first-order valence-corrected chi connectivity index (χ1v) is 9.59. The van der Waals surface area contributed by atoms with E-state index in [9.17, 15) is 9.90 Å². The molecular weight excluding hydrogens is 393 g/mol. The lowest BCUT2D eigenvalue weighted by Crippen LogP contribution is -2.29. The molecule has 3 nitrogen and oxygen atoms in total. The standard InChI is InChI=1S/C23H17Cl2NO2/c24-18-11-9-15(10-12-18)14-26-21(17-7-4-8-19(25)13-17)20(22(27)23(26)28)16-5-2-1-3-6-16/h1-13,21,27H,14H2. The molecule has 0 aliphatic carbocycles. The van der Waals surface area contributed by atoms with Crippen LogP contribution in [0.15, 0.2) is 84.6 Å². The summed E-state index contributed by atoms with van der Waals surface area (Å²) in [5.41, 5.74) is 3.16. The maximum Gasteiger partial charge on any atom is 0.290 e. The topological polar surface area (TPSA) is 40.5 Å². The molecule has 1 amide bonds. The smallest absolute Gasteiger partial charge is 0.290 e. The van der Waals surface area contributed by atoms with Gasteiger partial charge < -0.3 is 10.0 Å². The van der Waals surface area contributed by atoms with Crippen molar-refractivity contribution < 1.29 is 9.90 Å². The van der Waals surface area contributed by atoms with E-state index in [0.29, 0.717) is 22.2 Å². The minimum atomic E-state index is -0.440. The van der Waals surface area contributed by atoms with Gasteiger partial charge in [0, 0.05) is 22.2 Å². The lowest BCUT2D eigenvalue weighted by Gasteiger charge is -2.27. The Balaban J connectivity index is 1.81. The summed E-state index contributed by atoms with van der Waals surface area (Å²) in [4.78, 5) is 14.6. The number of halogens is 2. The number of hydrogen-bond donors (Lipinski definition) is 1. The molecule has 28 heavy (non-hydrogen) atoms. The third-order valence-electron chi connectivity index (χ3n) is 4.82. The average Bonchev–Trinajstić information content (AvgIpc) is 2.95. The van der Waals surface area contributed by atoms with Crippen molar-refractivity contribution in [2.45, 2.75) is 12.6 Å². The van der Waals surface area contributed by atoms with Crippen LogP contribution in [0.5, 0.6) is 0 Å². The van der Waals surface area contributed by atoms with Gasteiger partial charge in [0.1, 0.15) is 0 Å². The molecule has 0 fully saturated rings. The molecule has 1 aliphatic rings. The minimum absolute atomic E-state index is 0.231. The summed E-state index contributed by atoms with van der Waals surface area (Å²) in [7, 11) is 0. The van der Waals surface area contributed by atoms with Crippen LogP contribution in [0.3, 0.4) is 0 Å². The molecule has 4 rings (SSSR count). The fourth-order valence-electron chi connectivity index (χ4n) is 3.54. The third kappa shape index (κ3) is 3.51. The van der Waals surface area contributed by atoms with Crippen LogP contribution >= 0.6 is 23.2 Å². The molecule has 5 heteroatoms. The Hall–Kier alpha value is -2.75. The molecule has 1 N–H and O–H groups in total. The number of aliphatic hydroxyl groups is 1. The molecule has 3 aromatic carbocycles. The van der Waals surface area contributed by atoms with Gasteiger partial charge in [-0.2, -0.15) is 0 Å². The minimum Gasteiger partial charge on any atom is -0.503 e. The van der Waals surface area contributed by atoms with Gasteiger partial charge in [0.05, 0.1) is 6.04 Å². The lowest BCUT2D eigenvalue weighted by atomic mass is 9.93. The van der Waals surface area contributed by atoms with Gasteiger partial charge in [-0.15, -0.1) is 0 Å². The van der Waals surface area contributed by atoms with Gasteiger partial charge in [0.15, 0.2) is 5.76 Å². The molecule has 0 bridgehead atoms. The van der Waals surface area contributed by atoms with Crippen molar-refractivity contribution in [3.8, 4) is 0 Å². The van der Waals surface area contributed by atoms with Gasteiger partial charge in [0.2, 0.25) is 0 Å². The van der Waals surface area contributed by atoms with Crippen LogP contribution in [-0.2, 0) is 11.3 Å². The number of carbonyl (C=O) groups excluding carboxylic acids is 1. The lowest BCUT2D eigenvalue weighted by molar-refractivity contribution is -0.130. The summed E-state index contributed by atoms with van der Waals surface area (Å²) >= 11 is 12.2. The van der Waals surface area contributed by atoms with Gasteiger partial charge in [-0.3, -0.25) is 4.79 Å². The highest BCUT2D eigenvalue weighted by atomic mass is 35.5. The van der Waals surface area contributed by atoms with Crippen LogP contribution < -0.4 is 0 Å². The second-order valence-electron chi connectivity index (χ2n) is 6.65. The van der Waals surface area contributed by atoms with Crippen molar-refractivity contribution in [3.63, 3.8) is 0 Å². The summed E-state index contributed by atoms with van der Waals surface area (Å²) in [6, 6.07) is 23.7. The van der Waals surface area contributed by atoms with Crippen LogP contribution in [0.2, 0.25) is 10.0 Å². The third-order valence-corrected chi connectivity index (χ3v) is 5.31. The van der Waals surface area contributed by atoms with Crippen molar-refractivity contribution in [3.05, 3.63) is 111 Å². The Morgan fingerprint density at radius 3 is 2.25 bits per heavy atom. The van der Waals surface area contributed by atoms with Crippen molar-refractivity contribution in [2.24, 2.45) is 0 Å². The summed E-state index contributed by atoms with van der Waals surface area (Å²) in [5.74, 6) is -0.635. The fourth-order valence-corrected chi connectivity index (χ4v) is 3.86. The number of nitrogens with zero attached hydrogens (tertiary/aromatic N) is 1. The first-order valence-electron chi connectivity index (χ1n) is 8.84. The maximum absolute atomic E-state index is 13.0. The van der Waals surface area contributed by atoms with Crippen molar-refractivity contribution in [2.75, 3.05) is 0 Å². The number of benzene rings is 3. The molecule has 0 saturated heterocycles. The first-order chi connectivity index (χ1) is 13.5. The molecule has 0 radical (unpaired) electrons. The van der Waals surface area contributed by atoms with E-state index < -0.39 is 11.9 Å². The average molecular weight is 410 g/mol. The highest BCUT2D eigenvalue weighted by molar-refractivity contribution is 6.30. The molecule has 1 unspecified atom stereocenters. The molecule has 0 saturated carbocycles. The highest BCUT2D eigenvalue weighted by Gasteiger charge is 2.40. The van der Waals surface area contributed by atoms with E-state index >= 15 is 0 Å². The van der Waals surface area contributed by atoms with Crippen molar-refractivity contribution in [1.82, 2.24) is 4.90 Å². The normalized spacial score (nSPS) is 16.7. The molecule has 1 heterocycles. The number of amides is 1. The van der Waals surface area contributed by atoms with Gasteiger partial charge in [-0.1, -0.05) is 77.8 Å². The van der Waals surface area contributed by atoms with E-state index in [0.717, 1.165) is 16.7 Å². The van der Waals surface area contributed by atoms with Crippen molar-refractivity contribution in [1.29, 1.82) is 0 Å². The molecule has 1 atom stereocenters. The zero-order chi connectivity index (χ0) is 19.7. The van der Waals surface area contributed by atoms with E-state index in [4.69, 9.17) is 23.2 Å². The second kappa shape index (κ2) is 7.70. The van der Waals surface area contributed by atoms with E-state index in [-0.39, 0.29) is 5.76 Å². The van der Waals surface area contributed by atoms with Crippen LogP contribution in [-0.4, -0.2) is 15.9 Å². The van der Waals surface area contributed by atoms with E-state index in [1.807, 2.05) is 60.7 Å². The molecule has 140 valence electrons. The zero-order valence-electron chi connectivity index (χ0n) is 14.8. The molecular formula is C23H17Cl2NO2. The first kappa shape index (κ1) is 18.6. The molecule has 1 aliphatic heterocycles. The monoisotopic (exact) mass is 409 g/mol. The predicted molar refractivity (Wildman–Crippen MR) is 112 cm³/mol. The Morgan fingerprint density at radius 2 is 1.57 bits per heavy atom. The molecule has 0 aromatic heterocycles. The summed E-state index contributed by atoms with van der Waals surface area (Å²) < 4.78 is 0. The number of rotatable bonds is 4. The van der Waals surface area contributed by atoms with Crippen LogP contribution in [0.4, 0.5) is 0 Å².